The summed E-state index contributed by atoms with van der Waals surface area (Å²) in [5, 5.41) is 2.34. The van der Waals surface area contributed by atoms with Crippen molar-refractivity contribution in [2.75, 3.05) is 0 Å². The van der Waals surface area contributed by atoms with E-state index in [-0.39, 0.29) is 17.4 Å². The molecule has 0 saturated heterocycles. The normalized spacial score (nSPS) is 11.0. The van der Waals surface area contributed by atoms with Crippen LogP contribution in [0.25, 0.3) is 11.0 Å². The summed E-state index contributed by atoms with van der Waals surface area (Å²) >= 11 is 4.73. The first kappa shape index (κ1) is 11.6. The van der Waals surface area contributed by atoms with E-state index >= 15 is 0 Å². The second-order valence-electron chi connectivity index (χ2n) is 3.76. The van der Waals surface area contributed by atoms with E-state index in [2.05, 4.69) is 15.9 Å². The predicted molar refractivity (Wildman–Crippen MR) is 71.6 cm³/mol. The molecule has 0 amide bonds. The van der Waals surface area contributed by atoms with Crippen LogP contribution >= 0.6 is 27.3 Å². The van der Waals surface area contributed by atoms with Crippen LogP contribution in [-0.4, -0.2) is 5.78 Å². The van der Waals surface area contributed by atoms with Crippen LogP contribution in [0.4, 0.5) is 4.39 Å². The van der Waals surface area contributed by atoms with Gasteiger partial charge >= 0.3 is 0 Å². The van der Waals surface area contributed by atoms with Gasteiger partial charge in [0, 0.05) is 16.3 Å². The molecule has 0 spiro atoms. The summed E-state index contributed by atoms with van der Waals surface area (Å²) in [6.07, 6.45) is 0. The Morgan fingerprint density at radius 2 is 2.11 bits per heavy atom. The first-order valence-corrected chi connectivity index (χ1v) is 6.78. The highest BCUT2D eigenvalue weighted by Gasteiger charge is 2.16. The number of hydrogen-bond acceptors (Lipinski definition) is 3. The molecule has 0 unspecified atom stereocenters. The van der Waals surface area contributed by atoms with Gasteiger partial charge in [-0.2, -0.15) is 0 Å². The van der Waals surface area contributed by atoms with Crippen molar-refractivity contribution in [2.45, 2.75) is 0 Å². The Morgan fingerprint density at radius 3 is 2.83 bits per heavy atom. The lowest BCUT2D eigenvalue weighted by Gasteiger charge is -1.90. The molecule has 0 fully saturated rings. The molecule has 2 heterocycles. The first-order valence-electron chi connectivity index (χ1n) is 5.11. The zero-order chi connectivity index (χ0) is 12.7. The highest BCUT2D eigenvalue weighted by atomic mass is 79.9. The molecule has 0 aliphatic heterocycles. The van der Waals surface area contributed by atoms with Crippen molar-refractivity contribution in [1.29, 1.82) is 0 Å². The number of rotatable bonds is 2. The van der Waals surface area contributed by atoms with E-state index in [1.54, 1.807) is 17.5 Å². The molecule has 18 heavy (non-hydrogen) atoms. The van der Waals surface area contributed by atoms with Crippen molar-refractivity contribution < 1.29 is 13.6 Å². The number of ketones is 1. The molecule has 0 saturated carbocycles. The first-order chi connectivity index (χ1) is 8.63. The number of halogens is 2. The van der Waals surface area contributed by atoms with Crippen molar-refractivity contribution in [1.82, 2.24) is 0 Å². The summed E-state index contributed by atoms with van der Waals surface area (Å²) in [6, 6.07) is 7.47. The van der Waals surface area contributed by atoms with Crippen molar-refractivity contribution in [3.05, 3.63) is 56.6 Å². The number of carbonyl (C=O) groups is 1. The summed E-state index contributed by atoms with van der Waals surface area (Å²) < 4.78 is 19.3. The minimum Gasteiger partial charge on any atom is -0.453 e. The molecule has 1 aromatic carbocycles. The number of fused-ring (bicyclic) bond motifs is 1. The van der Waals surface area contributed by atoms with E-state index in [1.165, 1.54) is 29.5 Å². The summed E-state index contributed by atoms with van der Waals surface area (Å²) in [4.78, 5) is 12.1. The summed E-state index contributed by atoms with van der Waals surface area (Å²) in [7, 11) is 0. The molecule has 0 radical (unpaired) electrons. The molecule has 2 aromatic heterocycles. The van der Waals surface area contributed by atoms with Crippen molar-refractivity contribution in [3.63, 3.8) is 0 Å². The summed E-state index contributed by atoms with van der Waals surface area (Å²) in [5.74, 6) is -0.324. The maximum absolute atomic E-state index is 13.0. The van der Waals surface area contributed by atoms with Crippen LogP contribution in [-0.2, 0) is 0 Å². The summed E-state index contributed by atoms with van der Waals surface area (Å²) in [5.41, 5.74) is 1.07. The van der Waals surface area contributed by atoms with Gasteiger partial charge in [-0.05, 0) is 46.3 Å². The third kappa shape index (κ3) is 2.00. The molecule has 3 rings (SSSR count). The highest BCUT2D eigenvalue weighted by Crippen LogP contribution is 2.26. The number of furan rings is 1. The van der Waals surface area contributed by atoms with Crippen LogP contribution in [0.15, 0.2) is 43.9 Å². The zero-order valence-corrected chi connectivity index (χ0v) is 11.3. The number of benzene rings is 1. The smallest absolute Gasteiger partial charge is 0.229 e. The minimum atomic E-state index is -0.347. The standard InChI is InChI=1S/C13H6BrFO2S/c14-12-5-8(6-18-12)13(16)11-4-7-3-9(15)1-2-10(7)17-11/h1-6H. The van der Waals surface area contributed by atoms with Gasteiger partial charge in [0.15, 0.2) is 5.76 Å². The largest absolute Gasteiger partial charge is 0.453 e. The van der Waals surface area contributed by atoms with Crippen LogP contribution < -0.4 is 0 Å². The van der Waals surface area contributed by atoms with Gasteiger partial charge in [0.05, 0.1) is 3.79 Å². The fraction of sp³-hybridized carbons (Fsp3) is 0. The average Bonchev–Trinajstić information content (AvgIpc) is 2.93. The third-order valence-electron chi connectivity index (χ3n) is 2.53. The maximum Gasteiger partial charge on any atom is 0.229 e. The van der Waals surface area contributed by atoms with Gasteiger partial charge in [-0.25, -0.2) is 4.39 Å². The average molecular weight is 325 g/mol. The molecular weight excluding hydrogens is 319 g/mol. The molecule has 0 bridgehead atoms. The van der Waals surface area contributed by atoms with Crippen LogP contribution in [0, 0.1) is 5.82 Å². The number of hydrogen-bond donors (Lipinski definition) is 0. The molecule has 0 N–H and O–H groups in total. The van der Waals surface area contributed by atoms with Gasteiger partial charge in [0.2, 0.25) is 5.78 Å². The van der Waals surface area contributed by atoms with E-state index in [9.17, 15) is 9.18 Å². The third-order valence-corrected chi connectivity index (χ3v) is 4.04. The quantitative estimate of drug-likeness (QED) is 0.643. The molecule has 5 heteroatoms. The number of thiophene rings is 1. The van der Waals surface area contributed by atoms with Gasteiger partial charge in [-0.15, -0.1) is 11.3 Å². The van der Waals surface area contributed by atoms with Gasteiger partial charge in [0.1, 0.15) is 11.4 Å². The van der Waals surface area contributed by atoms with Crippen molar-refractivity contribution in [3.8, 4) is 0 Å². The van der Waals surface area contributed by atoms with Gasteiger partial charge in [-0.1, -0.05) is 0 Å². The fourth-order valence-corrected chi connectivity index (χ4v) is 2.83. The Bertz CT molecular complexity index is 744. The molecule has 2 nitrogen and oxygen atoms in total. The second-order valence-corrected chi connectivity index (χ2v) is 6.05. The minimum absolute atomic E-state index is 0.200. The van der Waals surface area contributed by atoms with Crippen molar-refractivity contribution >= 4 is 44.0 Å². The SMILES string of the molecule is O=C(c1csc(Br)c1)c1cc2cc(F)ccc2o1. The van der Waals surface area contributed by atoms with Crippen molar-refractivity contribution in [2.24, 2.45) is 0 Å². The van der Waals surface area contributed by atoms with E-state index < -0.39 is 0 Å². The predicted octanol–water partition coefficient (Wildman–Crippen LogP) is 4.63. The van der Waals surface area contributed by atoms with E-state index in [0.29, 0.717) is 16.5 Å². The van der Waals surface area contributed by atoms with Crippen LogP contribution in [0.1, 0.15) is 16.1 Å². The van der Waals surface area contributed by atoms with Gasteiger partial charge < -0.3 is 4.42 Å². The van der Waals surface area contributed by atoms with Gasteiger partial charge in [0.25, 0.3) is 0 Å². The van der Waals surface area contributed by atoms with E-state index in [0.717, 1.165) is 3.79 Å². The lowest BCUT2D eigenvalue weighted by atomic mass is 10.1. The summed E-state index contributed by atoms with van der Waals surface area (Å²) in [6.45, 7) is 0. The Morgan fingerprint density at radius 1 is 1.28 bits per heavy atom. The molecule has 3 aromatic rings. The molecule has 0 aliphatic rings. The highest BCUT2D eigenvalue weighted by molar-refractivity contribution is 9.11. The fourth-order valence-electron chi connectivity index (χ4n) is 1.70. The maximum atomic E-state index is 13.0. The Labute approximate surface area is 114 Å². The molecule has 0 aliphatic carbocycles. The number of carbonyl (C=O) groups excluding carboxylic acids is 1. The lowest BCUT2D eigenvalue weighted by Crippen LogP contribution is -1.96. The van der Waals surface area contributed by atoms with E-state index in [1.807, 2.05) is 0 Å². The Kier molecular flexibility index (Phi) is 2.80. The topological polar surface area (TPSA) is 30.2 Å². The van der Waals surface area contributed by atoms with Gasteiger partial charge in [-0.3, -0.25) is 4.79 Å². The zero-order valence-electron chi connectivity index (χ0n) is 8.94. The monoisotopic (exact) mass is 324 g/mol. The molecule has 90 valence electrons. The van der Waals surface area contributed by atoms with Crippen LogP contribution in [0.2, 0.25) is 0 Å². The van der Waals surface area contributed by atoms with Crippen LogP contribution in [0.5, 0.6) is 0 Å². The van der Waals surface area contributed by atoms with E-state index in [4.69, 9.17) is 4.42 Å². The molecular formula is C13H6BrFO2S. The Hall–Kier alpha value is -1.46. The van der Waals surface area contributed by atoms with Crippen LogP contribution in [0.3, 0.4) is 0 Å². The lowest BCUT2D eigenvalue weighted by molar-refractivity contribution is 0.101. The Balaban J connectivity index is 2.06. The molecule has 0 atom stereocenters. The second kappa shape index (κ2) is 4.33.